The lowest BCUT2D eigenvalue weighted by molar-refractivity contribution is -0.141. The molecule has 0 bridgehead atoms. The van der Waals surface area contributed by atoms with Gasteiger partial charge in [0.05, 0.1) is 17.5 Å². The molecule has 2 amide bonds. The number of rotatable bonds is 12. The first-order valence-corrected chi connectivity index (χ1v) is 14.8. The summed E-state index contributed by atoms with van der Waals surface area (Å²) in [5.74, 6) is -0.833. The third-order valence-corrected chi connectivity index (χ3v) is 7.72. The van der Waals surface area contributed by atoms with Gasteiger partial charge in [-0.15, -0.1) is 0 Å². The van der Waals surface area contributed by atoms with Crippen molar-refractivity contribution in [2.45, 2.75) is 64.8 Å². The van der Waals surface area contributed by atoms with E-state index in [1.54, 1.807) is 39.0 Å². The van der Waals surface area contributed by atoms with Crippen molar-refractivity contribution in [3.63, 3.8) is 0 Å². The van der Waals surface area contributed by atoms with Gasteiger partial charge in [0.2, 0.25) is 21.8 Å². The first kappa shape index (κ1) is 32.7. The maximum atomic E-state index is 13.5. The Morgan fingerprint density at radius 1 is 1.05 bits per heavy atom. The van der Waals surface area contributed by atoms with Crippen LogP contribution < -0.4 is 9.62 Å². The van der Waals surface area contributed by atoms with E-state index in [0.29, 0.717) is 15.6 Å². The van der Waals surface area contributed by atoms with Crippen molar-refractivity contribution < 1.29 is 31.2 Å². The third kappa shape index (κ3) is 9.29. The summed E-state index contributed by atoms with van der Waals surface area (Å²) < 4.78 is 65.3. The molecular formula is C26H32Cl2F3N3O4S. The SMILES string of the molecule is CC[C@H](C(=O)NC(C)C)N(Cc1c(Cl)cccc1Cl)C(=O)CCCN(c1cccc(C(F)(F)F)c1)S(C)(=O)=O. The molecule has 2 aromatic carbocycles. The van der Waals surface area contributed by atoms with Crippen molar-refractivity contribution in [2.24, 2.45) is 0 Å². The molecule has 0 aliphatic carbocycles. The minimum absolute atomic E-state index is 0.0167. The molecule has 13 heteroatoms. The number of hydrogen-bond donors (Lipinski definition) is 1. The van der Waals surface area contributed by atoms with Crippen LogP contribution in [0.25, 0.3) is 0 Å². The fourth-order valence-electron chi connectivity index (χ4n) is 4.00. The number of nitrogens with one attached hydrogen (secondary N) is 1. The summed E-state index contributed by atoms with van der Waals surface area (Å²) in [5.41, 5.74) is -0.705. The van der Waals surface area contributed by atoms with E-state index >= 15 is 0 Å². The van der Waals surface area contributed by atoms with Gasteiger partial charge in [0.1, 0.15) is 6.04 Å². The lowest BCUT2D eigenvalue weighted by atomic mass is 10.1. The van der Waals surface area contributed by atoms with Gasteiger partial charge in [0.25, 0.3) is 0 Å². The smallest absolute Gasteiger partial charge is 0.352 e. The zero-order valence-electron chi connectivity index (χ0n) is 22.1. The summed E-state index contributed by atoms with van der Waals surface area (Å²) in [6, 6.07) is 7.81. The molecule has 0 heterocycles. The number of benzene rings is 2. The molecule has 2 rings (SSSR count). The van der Waals surface area contributed by atoms with Crippen LogP contribution >= 0.6 is 23.2 Å². The molecule has 39 heavy (non-hydrogen) atoms. The van der Waals surface area contributed by atoms with Gasteiger partial charge in [0.15, 0.2) is 0 Å². The number of anilines is 1. The van der Waals surface area contributed by atoms with Gasteiger partial charge in [-0.25, -0.2) is 8.42 Å². The summed E-state index contributed by atoms with van der Waals surface area (Å²) in [6.45, 7) is 5.01. The molecule has 7 nitrogen and oxygen atoms in total. The van der Waals surface area contributed by atoms with Crippen molar-refractivity contribution in [1.29, 1.82) is 0 Å². The molecule has 1 atom stereocenters. The van der Waals surface area contributed by atoms with Crippen LogP contribution in [-0.2, 0) is 32.3 Å². The maximum Gasteiger partial charge on any atom is 0.416 e. The van der Waals surface area contributed by atoms with Gasteiger partial charge in [-0.1, -0.05) is 42.3 Å². The average Bonchev–Trinajstić information content (AvgIpc) is 2.81. The minimum atomic E-state index is -4.65. The molecule has 0 aromatic heterocycles. The Morgan fingerprint density at radius 2 is 1.64 bits per heavy atom. The molecule has 0 aliphatic heterocycles. The van der Waals surface area contributed by atoms with Gasteiger partial charge in [0, 0.05) is 41.2 Å². The predicted octanol–water partition coefficient (Wildman–Crippen LogP) is 5.89. The van der Waals surface area contributed by atoms with E-state index in [-0.39, 0.29) is 50.0 Å². The number of nitrogens with zero attached hydrogens (tertiary/aromatic N) is 2. The van der Waals surface area contributed by atoms with Gasteiger partial charge in [-0.2, -0.15) is 13.2 Å². The Bertz CT molecular complexity index is 1250. The van der Waals surface area contributed by atoms with Crippen LogP contribution in [0.3, 0.4) is 0 Å². The lowest BCUT2D eigenvalue weighted by Gasteiger charge is -2.32. The molecule has 0 saturated heterocycles. The minimum Gasteiger partial charge on any atom is -0.352 e. The summed E-state index contributed by atoms with van der Waals surface area (Å²) in [5, 5.41) is 3.42. The molecule has 0 fully saturated rings. The molecule has 1 N–H and O–H groups in total. The standard InChI is InChI=1S/C26H32Cl2F3N3O4S/c1-5-23(25(36)32-17(2)3)33(16-20-21(27)11-7-12-22(20)28)24(35)13-8-14-34(39(4,37)38)19-10-6-9-18(15-19)26(29,30)31/h6-7,9-12,15,17,23H,5,8,13-14,16H2,1-4H3,(H,32,36)/t23-/m1/s1. The fourth-order valence-corrected chi connectivity index (χ4v) is 5.47. The molecule has 216 valence electrons. The summed E-state index contributed by atoms with van der Waals surface area (Å²) in [4.78, 5) is 27.8. The molecule has 0 unspecified atom stereocenters. The zero-order valence-corrected chi connectivity index (χ0v) is 24.4. The number of alkyl halides is 3. The first-order valence-electron chi connectivity index (χ1n) is 12.2. The van der Waals surface area contributed by atoms with Crippen molar-refractivity contribution in [3.8, 4) is 0 Å². The van der Waals surface area contributed by atoms with E-state index in [2.05, 4.69) is 5.32 Å². The van der Waals surface area contributed by atoms with Crippen molar-refractivity contribution in [2.75, 3.05) is 17.1 Å². The Hall–Kier alpha value is -2.50. The predicted molar refractivity (Wildman–Crippen MR) is 147 cm³/mol. The lowest BCUT2D eigenvalue weighted by Crippen LogP contribution is -2.50. The van der Waals surface area contributed by atoms with Crippen LogP contribution in [0.15, 0.2) is 42.5 Å². The highest BCUT2D eigenvalue weighted by Crippen LogP contribution is 2.32. The first-order chi connectivity index (χ1) is 18.1. The highest BCUT2D eigenvalue weighted by atomic mass is 35.5. The van der Waals surface area contributed by atoms with Crippen molar-refractivity contribution in [1.82, 2.24) is 10.2 Å². The van der Waals surface area contributed by atoms with Gasteiger partial charge in [-0.05, 0) is 57.0 Å². The molecule has 0 saturated carbocycles. The number of hydrogen-bond acceptors (Lipinski definition) is 4. The van der Waals surface area contributed by atoms with E-state index < -0.39 is 33.7 Å². The quantitative estimate of drug-likeness (QED) is 0.325. The van der Waals surface area contributed by atoms with Gasteiger partial charge >= 0.3 is 6.18 Å². The van der Waals surface area contributed by atoms with Crippen molar-refractivity contribution in [3.05, 3.63) is 63.6 Å². The third-order valence-electron chi connectivity index (χ3n) is 5.82. The molecule has 0 spiro atoms. The van der Waals surface area contributed by atoms with E-state index in [4.69, 9.17) is 23.2 Å². The number of amides is 2. The summed E-state index contributed by atoms with van der Waals surface area (Å²) in [6.07, 6.45) is -3.69. The van der Waals surface area contributed by atoms with Crippen molar-refractivity contribution >= 4 is 50.7 Å². The normalized spacial score (nSPS) is 12.8. The van der Waals surface area contributed by atoms with E-state index in [9.17, 15) is 31.2 Å². The Balaban J connectivity index is 2.31. The van der Waals surface area contributed by atoms with Crippen LogP contribution in [0.5, 0.6) is 0 Å². The largest absolute Gasteiger partial charge is 0.416 e. The average molecular weight is 611 g/mol. The maximum absolute atomic E-state index is 13.5. The van der Waals surface area contributed by atoms with Gasteiger partial charge < -0.3 is 10.2 Å². The van der Waals surface area contributed by atoms with E-state index in [1.807, 2.05) is 0 Å². The second-order valence-electron chi connectivity index (χ2n) is 9.30. The molecule has 0 radical (unpaired) electrons. The number of carbonyl (C=O) groups is 2. The van der Waals surface area contributed by atoms with Crippen LogP contribution in [-0.4, -0.2) is 50.0 Å². The van der Waals surface area contributed by atoms with Crippen LogP contribution in [0.2, 0.25) is 10.0 Å². The Kier molecular flexibility index (Phi) is 11.5. The molecule has 0 aliphatic rings. The Labute approximate surface area is 237 Å². The van der Waals surface area contributed by atoms with E-state index in [1.165, 1.54) is 11.0 Å². The second-order valence-corrected chi connectivity index (χ2v) is 12.0. The highest BCUT2D eigenvalue weighted by molar-refractivity contribution is 7.92. The molecule has 2 aromatic rings. The van der Waals surface area contributed by atoms with Crippen LogP contribution in [0.1, 0.15) is 51.2 Å². The highest BCUT2D eigenvalue weighted by Gasteiger charge is 2.32. The second kappa shape index (κ2) is 13.7. The topological polar surface area (TPSA) is 86.8 Å². The van der Waals surface area contributed by atoms with Gasteiger partial charge in [-0.3, -0.25) is 13.9 Å². The number of carbonyl (C=O) groups excluding carboxylic acids is 2. The number of halogens is 5. The Morgan fingerprint density at radius 3 is 2.15 bits per heavy atom. The zero-order chi connectivity index (χ0) is 29.5. The van der Waals surface area contributed by atoms with Crippen LogP contribution in [0.4, 0.5) is 18.9 Å². The number of sulfonamides is 1. The van der Waals surface area contributed by atoms with E-state index in [0.717, 1.165) is 28.8 Å². The van der Waals surface area contributed by atoms with Crippen LogP contribution in [0, 0.1) is 0 Å². The summed E-state index contributed by atoms with van der Waals surface area (Å²) in [7, 11) is -3.96. The molecular weight excluding hydrogens is 578 g/mol. The summed E-state index contributed by atoms with van der Waals surface area (Å²) >= 11 is 12.6. The fraction of sp³-hybridized carbons (Fsp3) is 0.462. The monoisotopic (exact) mass is 609 g/mol.